The second-order valence-electron chi connectivity index (χ2n) is 10.4. The van der Waals surface area contributed by atoms with E-state index in [4.69, 9.17) is 4.98 Å². The van der Waals surface area contributed by atoms with Gasteiger partial charge < -0.3 is 15.5 Å². The largest absolute Gasteiger partial charge is 0.350 e. The molecule has 2 atom stereocenters. The van der Waals surface area contributed by atoms with Crippen LogP contribution in [0.4, 0.5) is 16.4 Å². The first-order valence-corrected chi connectivity index (χ1v) is 13.2. The number of amides is 2. The number of piperazine rings is 1. The maximum atomic E-state index is 13.4. The molecule has 0 bridgehead atoms. The number of benzene rings is 3. The van der Waals surface area contributed by atoms with Crippen LogP contribution in [0, 0.1) is 0 Å². The van der Waals surface area contributed by atoms with E-state index in [1.165, 1.54) is 0 Å². The van der Waals surface area contributed by atoms with Crippen molar-refractivity contribution in [3.63, 3.8) is 0 Å². The van der Waals surface area contributed by atoms with Crippen molar-refractivity contribution in [2.45, 2.75) is 25.4 Å². The molecule has 9 heteroatoms. The van der Waals surface area contributed by atoms with Crippen molar-refractivity contribution in [2.24, 2.45) is 0 Å². The molecule has 2 N–H and O–H groups in total. The first-order valence-electron chi connectivity index (χ1n) is 13.2. The number of carbonyl (C=O) groups excluding carboxylic acids is 1. The zero-order chi connectivity index (χ0) is 27.0. The molecular formula is C30H32N8O. The lowest BCUT2D eigenvalue weighted by Crippen LogP contribution is -2.66. The SMILES string of the molecule is C[C@H](Nc1nccc(-n2cnc3ccccc32)n1)[C@]1(C)CN(C(=O)Nc2cccc3ccccc23)CCN1C. The number of hydrogen-bond donors (Lipinski definition) is 2. The monoisotopic (exact) mass is 520 g/mol. The van der Waals surface area contributed by atoms with E-state index in [1.54, 1.807) is 12.5 Å². The fourth-order valence-electron chi connectivity index (χ4n) is 5.33. The summed E-state index contributed by atoms with van der Waals surface area (Å²) in [6.07, 6.45) is 3.53. The molecular weight excluding hydrogens is 488 g/mol. The molecule has 5 aromatic rings. The molecule has 1 fully saturated rings. The normalized spacial score (nSPS) is 18.8. The van der Waals surface area contributed by atoms with E-state index in [2.05, 4.69) is 58.5 Å². The van der Waals surface area contributed by atoms with Gasteiger partial charge in [0.05, 0.1) is 22.3 Å². The minimum atomic E-state index is -0.352. The van der Waals surface area contributed by atoms with Crippen LogP contribution >= 0.6 is 0 Å². The van der Waals surface area contributed by atoms with Crippen LogP contribution in [0.1, 0.15) is 13.8 Å². The van der Waals surface area contributed by atoms with Gasteiger partial charge in [-0.1, -0.05) is 48.5 Å². The Morgan fingerprint density at radius 2 is 1.77 bits per heavy atom. The highest BCUT2D eigenvalue weighted by Crippen LogP contribution is 2.28. The van der Waals surface area contributed by atoms with E-state index in [1.807, 2.05) is 70.1 Å². The van der Waals surface area contributed by atoms with Gasteiger partial charge in [0.2, 0.25) is 5.95 Å². The Kier molecular flexibility index (Phi) is 6.36. The Morgan fingerprint density at radius 1 is 0.974 bits per heavy atom. The topological polar surface area (TPSA) is 91.2 Å². The van der Waals surface area contributed by atoms with Crippen LogP contribution in [0.2, 0.25) is 0 Å². The van der Waals surface area contributed by atoms with Gasteiger partial charge in [0.1, 0.15) is 12.1 Å². The van der Waals surface area contributed by atoms with Gasteiger partial charge in [-0.05, 0) is 50.5 Å². The van der Waals surface area contributed by atoms with Gasteiger partial charge in [0.25, 0.3) is 0 Å². The zero-order valence-electron chi connectivity index (χ0n) is 22.4. The zero-order valence-corrected chi connectivity index (χ0v) is 22.4. The van der Waals surface area contributed by atoms with Crippen LogP contribution in [0.5, 0.6) is 0 Å². The molecule has 0 saturated carbocycles. The second-order valence-corrected chi connectivity index (χ2v) is 10.4. The van der Waals surface area contributed by atoms with Crippen LogP contribution in [-0.2, 0) is 0 Å². The van der Waals surface area contributed by atoms with Gasteiger partial charge in [0, 0.05) is 37.3 Å². The molecule has 198 valence electrons. The highest BCUT2D eigenvalue weighted by atomic mass is 16.2. The molecule has 2 amide bonds. The number of urea groups is 1. The Morgan fingerprint density at radius 3 is 2.67 bits per heavy atom. The minimum Gasteiger partial charge on any atom is -0.350 e. The summed E-state index contributed by atoms with van der Waals surface area (Å²) in [6, 6.07) is 23.8. The molecule has 2 aromatic heterocycles. The highest BCUT2D eigenvalue weighted by Gasteiger charge is 2.42. The number of rotatable bonds is 5. The van der Waals surface area contributed by atoms with Crippen molar-refractivity contribution in [3.05, 3.63) is 85.3 Å². The van der Waals surface area contributed by atoms with Gasteiger partial charge in [-0.2, -0.15) is 4.98 Å². The summed E-state index contributed by atoms with van der Waals surface area (Å²) in [7, 11) is 2.10. The lowest BCUT2D eigenvalue weighted by atomic mass is 9.89. The summed E-state index contributed by atoms with van der Waals surface area (Å²) in [5.74, 6) is 1.27. The number of hydrogen-bond acceptors (Lipinski definition) is 6. The van der Waals surface area contributed by atoms with Crippen molar-refractivity contribution >= 4 is 39.5 Å². The van der Waals surface area contributed by atoms with E-state index in [-0.39, 0.29) is 17.6 Å². The number of nitrogens with zero attached hydrogens (tertiary/aromatic N) is 6. The molecule has 9 nitrogen and oxygen atoms in total. The minimum absolute atomic E-state index is 0.0505. The number of imidazole rings is 1. The molecule has 39 heavy (non-hydrogen) atoms. The molecule has 3 aromatic carbocycles. The quantitative estimate of drug-likeness (QED) is 0.339. The molecule has 0 unspecified atom stereocenters. The third kappa shape index (κ3) is 4.66. The summed E-state index contributed by atoms with van der Waals surface area (Å²) in [6.45, 7) is 6.25. The Hall–Kier alpha value is -4.50. The summed E-state index contributed by atoms with van der Waals surface area (Å²) in [5.41, 5.74) is 2.37. The molecule has 1 aliphatic rings. The summed E-state index contributed by atoms with van der Waals surface area (Å²) in [5, 5.41) is 8.79. The molecule has 0 radical (unpaired) electrons. The standard InChI is InChI=1S/C30H32N8O/c1-21(33-28-31-16-15-27(35-28)38-20-32-25-12-6-7-14-26(25)38)30(2)19-37(18-17-36(30)3)29(39)34-24-13-8-10-22-9-4-5-11-23(22)24/h4-16,20-21H,17-19H2,1-3H3,(H,34,39)(H,31,33,35)/t21-,30-/m0/s1. The number of anilines is 2. The van der Waals surface area contributed by atoms with Crippen LogP contribution in [-0.4, -0.2) is 73.6 Å². The van der Waals surface area contributed by atoms with Crippen LogP contribution in [0.3, 0.4) is 0 Å². The first-order chi connectivity index (χ1) is 18.9. The lowest BCUT2D eigenvalue weighted by molar-refractivity contribution is 0.0373. The number of nitrogens with one attached hydrogen (secondary N) is 2. The predicted molar refractivity (Wildman–Crippen MR) is 155 cm³/mol. The second kappa shape index (κ2) is 9.99. The number of carbonyl (C=O) groups is 1. The maximum Gasteiger partial charge on any atom is 0.321 e. The third-order valence-electron chi connectivity index (χ3n) is 8.03. The molecule has 0 spiro atoms. The van der Waals surface area contributed by atoms with E-state index in [9.17, 15) is 4.79 Å². The van der Waals surface area contributed by atoms with Crippen LogP contribution < -0.4 is 10.6 Å². The summed E-state index contributed by atoms with van der Waals surface area (Å²) in [4.78, 5) is 31.4. The Balaban J connectivity index is 1.19. The van der Waals surface area contributed by atoms with E-state index in [0.29, 0.717) is 19.0 Å². The fourth-order valence-corrected chi connectivity index (χ4v) is 5.33. The Labute approximate surface area is 227 Å². The molecule has 1 saturated heterocycles. The summed E-state index contributed by atoms with van der Waals surface area (Å²) >= 11 is 0. The highest BCUT2D eigenvalue weighted by molar-refractivity contribution is 6.01. The van der Waals surface area contributed by atoms with Crippen molar-refractivity contribution < 1.29 is 4.79 Å². The first kappa shape index (κ1) is 24.8. The number of fused-ring (bicyclic) bond motifs is 2. The van der Waals surface area contributed by atoms with Crippen LogP contribution in [0.15, 0.2) is 85.3 Å². The van der Waals surface area contributed by atoms with Crippen molar-refractivity contribution in [2.75, 3.05) is 37.3 Å². The smallest absolute Gasteiger partial charge is 0.321 e. The van der Waals surface area contributed by atoms with Crippen molar-refractivity contribution in [1.82, 2.24) is 29.3 Å². The number of aromatic nitrogens is 4. The fraction of sp³-hybridized carbons (Fsp3) is 0.267. The molecule has 3 heterocycles. The van der Waals surface area contributed by atoms with Gasteiger partial charge in [-0.15, -0.1) is 0 Å². The molecule has 0 aliphatic carbocycles. The maximum absolute atomic E-state index is 13.4. The predicted octanol–water partition coefficient (Wildman–Crippen LogP) is 5.01. The van der Waals surface area contributed by atoms with Gasteiger partial charge in [-0.25, -0.2) is 14.8 Å². The van der Waals surface area contributed by atoms with Gasteiger partial charge in [0.15, 0.2) is 0 Å². The van der Waals surface area contributed by atoms with Gasteiger partial charge in [-0.3, -0.25) is 9.47 Å². The van der Waals surface area contributed by atoms with E-state index >= 15 is 0 Å². The van der Waals surface area contributed by atoms with E-state index < -0.39 is 0 Å². The average molecular weight is 521 g/mol. The van der Waals surface area contributed by atoms with Crippen molar-refractivity contribution in [3.8, 4) is 5.82 Å². The number of para-hydroxylation sites is 2. The Bertz CT molecular complexity index is 1640. The molecule has 6 rings (SSSR count). The summed E-state index contributed by atoms with van der Waals surface area (Å²) < 4.78 is 1.96. The molecule has 1 aliphatic heterocycles. The van der Waals surface area contributed by atoms with Gasteiger partial charge >= 0.3 is 6.03 Å². The van der Waals surface area contributed by atoms with Crippen LogP contribution in [0.25, 0.3) is 27.6 Å². The lowest BCUT2D eigenvalue weighted by Gasteiger charge is -2.50. The van der Waals surface area contributed by atoms with Crippen molar-refractivity contribution in [1.29, 1.82) is 0 Å². The third-order valence-corrected chi connectivity index (χ3v) is 8.03. The average Bonchev–Trinajstić information content (AvgIpc) is 3.39. The van der Waals surface area contributed by atoms with E-state index in [0.717, 1.165) is 39.9 Å². The number of likely N-dealkylation sites (N-methyl/N-ethyl adjacent to an activating group) is 1.